The van der Waals surface area contributed by atoms with Crippen molar-refractivity contribution in [2.75, 3.05) is 41.7 Å². The average Bonchev–Trinajstić information content (AvgIpc) is 3.11. The van der Waals surface area contributed by atoms with Crippen LogP contribution in [0.1, 0.15) is 24.0 Å². The average molecular weight is 456 g/mol. The van der Waals surface area contributed by atoms with Crippen LogP contribution in [0.3, 0.4) is 0 Å². The van der Waals surface area contributed by atoms with Gasteiger partial charge in [-0.15, -0.1) is 5.10 Å². The van der Waals surface area contributed by atoms with Crippen LogP contribution in [0.2, 0.25) is 0 Å². The zero-order chi connectivity index (χ0) is 23.4. The van der Waals surface area contributed by atoms with E-state index in [0.717, 1.165) is 49.9 Å². The van der Waals surface area contributed by atoms with Crippen LogP contribution in [0, 0.1) is 11.6 Å². The van der Waals surface area contributed by atoms with Crippen molar-refractivity contribution in [2.24, 2.45) is 0 Å². The van der Waals surface area contributed by atoms with Crippen molar-refractivity contribution in [1.29, 1.82) is 0 Å². The Morgan fingerprint density at radius 2 is 1.79 bits per heavy atom. The first-order chi connectivity index (χ1) is 15.9. The lowest BCUT2D eigenvalue weighted by Gasteiger charge is -2.23. The van der Waals surface area contributed by atoms with Crippen LogP contribution < -0.4 is 15.5 Å². The predicted octanol–water partition coefficient (Wildman–Crippen LogP) is 3.40. The van der Waals surface area contributed by atoms with Crippen LogP contribution in [-0.4, -0.2) is 53.1 Å². The largest absolute Gasteiger partial charge is 0.399 e. The second-order valence-electron chi connectivity index (χ2n) is 7.51. The van der Waals surface area contributed by atoms with Crippen molar-refractivity contribution in [3.63, 3.8) is 0 Å². The standard InChI is InChI=1S/C22H22F2N6O3/c1-14(31)29-9-2-10-30(12-11-29)17-6-4-16(5-7-17)25-20(32)21-27-28-22(33-21)26-19-13-15(23)3-8-18(19)24/h3-8,13H,2,9-12H2,1H3,(H,25,32)(H,26,28). The third-order valence-electron chi connectivity index (χ3n) is 5.22. The second kappa shape index (κ2) is 9.63. The van der Waals surface area contributed by atoms with Gasteiger partial charge >= 0.3 is 17.8 Å². The lowest BCUT2D eigenvalue weighted by atomic mass is 10.2. The van der Waals surface area contributed by atoms with E-state index >= 15 is 0 Å². The van der Waals surface area contributed by atoms with Gasteiger partial charge in [-0.05, 0) is 42.8 Å². The molecule has 4 rings (SSSR count). The number of rotatable bonds is 5. The summed E-state index contributed by atoms with van der Waals surface area (Å²) in [5.41, 5.74) is 1.31. The van der Waals surface area contributed by atoms with Crippen molar-refractivity contribution in [3.8, 4) is 0 Å². The lowest BCUT2D eigenvalue weighted by Crippen LogP contribution is -2.33. The number of carbonyl (C=O) groups excluding carboxylic acids is 2. The van der Waals surface area contributed by atoms with Crippen LogP contribution in [0.15, 0.2) is 46.9 Å². The summed E-state index contributed by atoms with van der Waals surface area (Å²) in [7, 11) is 0. The molecule has 1 aliphatic rings. The predicted molar refractivity (Wildman–Crippen MR) is 117 cm³/mol. The summed E-state index contributed by atoms with van der Waals surface area (Å²) in [5, 5.41) is 12.4. The number of halogens is 2. The first-order valence-electron chi connectivity index (χ1n) is 10.4. The van der Waals surface area contributed by atoms with Gasteiger partial charge in [-0.1, -0.05) is 5.10 Å². The Balaban J connectivity index is 1.36. The molecule has 2 aromatic carbocycles. The fraction of sp³-hybridized carbons (Fsp3) is 0.273. The number of amides is 2. The number of hydrogen-bond acceptors (Lipinski definition) is 7. The summed E-state index contributed by atoms with van der Waals surface area (Å²) in [4.78, 5) is 28.0. The summed E-state index contributed by atoms with van der Waals surface area (Å²) in [6, 6.07) is 9.88. The number of hydrogen-bond donors (Lipinski definition) is 2. The summed E-state index contributed by atoms with van der Waals surface area (Å²) < 4.78 is 32.2. The maximum Gasteiger partial charge on any atom is 0.320 e. The number of anilines is 4. The highest BCUT2D eigenvalue weighted by molar-refractivity contribution is 6.01. The Hall–Kier alpha value is -4.02. The molecule has 0 spiro atoms. The molecule has 1 fully saturated rings. The van der Waals surface area contributed by atoms with Crippen molar-refractivity contribution < 1.29 is 22.8 Å². The van der Waals surface area contributed by atoms with Crippen LogP contribution >= 0.6 is 0 Å². The minimum atomic E-state index is -0.709. The van der Waals surface area contributed by atoms with E-state index in [-0.39, 0.29) is 23.5 Å². The zero-order valence-corrected chi connectivity index (χ0v) is 17.8. The minimum absolute atomic E-state index is 0.0790. The van der Waals surface area contributed by atoms with Gasteiger partial charge in [0.1, 0.15) is 11.6 Å². The molecular weight excluding hydrogens is 434 g/mol. The molecule has 0 atom stereocenters. The third kappa shape index (κ3) is 5.43. The quantitative estimate of drug-likeness (QED) is 0.607. The molecule has 9 nitrogen and oxygen atoms in total. The van der Waals surface area contributed by atoms with E-state index in [1.807, 2.05) is 17.0 Å². The highest BCUT2D eigenvalue weighted by atomic mass is 19.1. The van der Waals surface area contributed by atoms with Gasteiger partial charge < -0.3 is 24.9 Å². The van der Waals surface area contributed by atoms with Crippen LogP contribution in [0.25, 0.3) is 0 Å². The second-order valence-corrected chi connectivity index (χ2v) is 7.51. The molecule has 33 heavy (non-hydrogen) atoms. The number of nitrogens with one attached hydrogen (secondary N) is 2. The SMILES string of the molecule is CC(=O)N1CCCN(c2ccc(NC(=O)c3nnc(Nc4cc(F)ccc4F)o3)cc2)CC1. The van der Waals surface area contributed by atoms with Crippen molar-refractivity contribution in [3.05, 3.63) is 60.0 Å². The first kappa shape index (κ1) is 22.2. The molecule has 0 unspecified atom stereocenters. The van der Waals surface area contributed by atoms with Crippen LogP contribution in [-0.2, 0) is 4.79 Å². The molecule has 1 aromatic heterocycles. The van der Waals surface area contributed by atoms with E-state index in [2.05, 4.69) is 25.7 Å². The zero-order valence-electron chi connectivity index (χ0n) is 17.8. The molecule has 172 valence electrons. The number of aromatic nitrogens is 2. The summed E-state index contributed by atoms with van der Waals surface area (Å²) in [6.07, 6.45) is 0.880. The van der Waals surface area contributed by atoms with Gasteiger partial charge in [0.2, 0.25) is 5.91 Å². The van der Waals surface area contributed by atoms with Gasteiger partial charge in [0.05, 0.1) is 5.69 Å². The third-order valence-corrected chi connectivity index (χ3v) is 5.22. The Labute approximate surface area is 188 Å². The normalized spacial score (nSPS) is 14.0. The molecule has 0 saturated carbocycles. The summed E-state index contributed by atoms with van der Waals surface area (Å²) in [5.74, 6) is -2.25. The summed E-state index contributed by atoms with van der Waals surface area (Å²) >= 11 is 0. The molecular formula is C22H22F2N6O3. The van der Waals surface area contributed by atoms with E-state index in [4.69, 9.17) is 4.42 Å². The molecule has 2 heterocycles. The Morgan fingerprint density at radius 1 is 1.00 bits per heavy atom. The highest BCUT2D eigenvalue weighted by Crippen LogP contribution is 2.22. The maximum atomic E-state index is 13.7. The van der Waals surface area contributed by atoms with Crippen LogP contribution in [0.4, 0.5) is 31.9 Å². The van der Waals surface area contributed by atoms with E-state index in [1.54, 1.807) is 19.1 Å². The van der Waals surface area contributed by atoms with Crippen LogP contribution in [0.5, 0.6) is 0 Å². The van der Waals surface area contributed by atoms with E-state index in [0.29, 0.717) is 12.2 Å². The van der Waals surface area contributed by atoms with E-state index < -0.39 is 17.5 Å². The van der Waals surface area contributed by atoms with Gasteiger partial charge in [0.15, 0.2) is 0 Å². The van der Waals surface area contributed by atoms with Crippen molar-refractivity contribution >= 4 is 34.9 Å². The molecule has 1 saturated heterocycles. The molecule has 0 radical (unpaired) electrons. The lowest BCUT2D eigenvalue weighted by molar-refractivity contribution is -0.128. The Bertz CT molecular complexity index is 1150. The van der Waals surface area contributed by atoms with Gasteiger partial charge in [-0.25, -0.2) is 8.78 Å². The summed E-state index contributed by atoms with van der Waals surface area (Å²) in [6.45, 7) is 4.55. The first-order valence-corrected chi connectivity index (χ1v) is 10.4. The molecule has 1 aliphatic heterocycles. The fourth-order valence-electron chi connectivity index (χ4n) is 3.50. The smallest absolute Gasteiger partial charge is 0.320 e. The van der Waals surface area contributed by atoms with Gasteiger partial charge in [-0.3, -0.25) is 9.59 Å². The van der Waals surface area contributed by atoms with Gasteiger partial charge in [0, 0.05) is 50.5 Å². The molecule has 0 aliphatic carbocycles. The van der Waals surface area contributed by atoms with Crippen molar-refractivity contribution in [1.82, 2.24) is 15.1 Å². The minimum Gasteiger partial charge on any atom is -0.399 e. The Morgan fingerprint density at radius 3 is 2.55 bits per heavy atom. The topological polar surface area (TPSA) is 104 Å². The van der Waals surface area contributed by atoms with E-state index in [9.17, 15) is 18.4 Å². The molecule has 3 aromatic rings. The molecule has 11 heteroatoms. The van der Waals surface area contributed by atoms with Gasteiger partial charge in [-0.2, -0.15) is 0 Å². The van der Waals surface area contributed by atoms with Gasteiger partial charge in [0.25, 0.3) is 0 Å². The molecule has 2 amide bonds. The molecule has 2 N–H and O–H groups in total. The monoisotopic (exact) mass is 456 g/mol. The highest BCUT2D eigenvalue weighted by Gasteiger charge is 2.18. The van der Waals surface area contributed by atoms with E-state index in [1.165, 1.54) is 0 Å². The number of nitrogens with zero attached hydrogens (tertiary/aromatic N) is 4. The number of benzene rings is 2. The van der Waals surface area contributed by atoms with Crippen molar-refractivity contribution in [2.45, 2.75) is 13.3 Å². The Kier molecular flexibility index (Phi) is 6.48. The molecule has 0 bridgehead atoms. The maximum absolute atomic E-state index is 13.7. The fourth-order valence-corrected chi connectivity index (χ4v) is 3.50. The number of carbonyl (C=O) groups is 2.